The molecule has 3 nitrogen and oxygen atoms in total. The van der Waals surface area contributed by atoms with Crippen LogP contribution in [-0.2, 0) is 14.3 Å². The molecule has 0 N–H and O–H groups in total. The Kier molecular flexibility index (Phi) is 5.63. The summed E-state index contributed by atoms with van der Waals surface area (Å²) in [4.78, 5) is 0.347. The Bertz CT molecular complexity index is 545. The zero-order chi connectivity index (χ0) is 15.6. The lowest BCUT2D eigenvalue weighted by Crippen LogP contribution is -2.41. The maximum absolute atomic E-state index is 12.2. The Morgan fingerprint density at radius 1 is 1.15 bits per heavy atom. The molecule has 0 radical (unpaired) electrons. The second-order valence-electron chi connectivity index (χ2n) is 6.38. The molecule has 0 aliphatic carbocycles. The first-order chi connectivity index (χ1) is 8.96. The molecule has 0 aliphatic heterocycles. The topological polar surface area (TPSA) is 43.4 Å². The summed E-state index contributed by atoms with van der Waals surface area (Å²) in [6, 6.07) is 6.71. The van der Waals surface area contributed by atoms with Crippen LogP contribution in [0.4, 0.5) is 0 Å². The van der Waals surface area contributed by atoms with E-state index < -0.39 is 18.2 Å². The highest BCUT2D eigenvalue weighted by molar-refractivity contribution is 9.10. The van der Waals surface area contributed by atoms with Crippen LogP contribution in [0.5, 0.6) is 0 Å². The van der Waals surface area contributed by atoms with Gasteiger partial charge in [-0.25, -0.2) is 8.42 Å². The maximum Gasteiger partial charge on any atom is 0.192 e. The number of sulfone groups is 1. The largest absolute Gasteiger partial charge is 0.416 e. The van der Waals surface area contributed by atoms with Gasteiger partial charge in [0.05, 0.1) is 10.6 Å². The second kappa shape index (κ2) is 6.30. The van der Waals surface area contributed by atoms with Gasteiger partial charge in [-0.05, 0) is 42.4 Å². The van der Waals surface area contributed by atoms with E-state index in [0.717, 1.165) is 4.47 Å². The van der Waals surface area contributed by atoms with Crippen molar-refractivity contribution in [1.82, 2.24) is 0 Å². The lowest BCUT2D eigenvalue weighted by atomic mass is 10.2. The van der Waals surface area contributed by atoms with Gasteiger partial charge < -0.3 is 4.43 Å². The predicted octanol–water partition coefficient (Wildman–Crippen LogP) is 4.24. The van der Waals surface area contributed by atoms with Crippen molar-refractivity contribution >= 4 is 34.1 Å². The standard InChI is InChI=1S/C14H23BrO3SSi/c1-14(2,3)20(4,5)18-10-11-19(16,17)13-8-6-12(15)7-9-13/h6-9H,10-11H2,1-5H3. The molecule has 0 spiro atoms. The first-order valence-corrected chi connectivity index (χ1v) is 11.9. The quantitative estimate of drug-likeness (QED) is 0.719. The Morgan fingerprint density at radius 3 is 2.10 bits per heavy atom. The monoisotopic (exact) mass is 378 g/mol. The van der Waals surface area contributed by atoms with Gasteiger partial charge in [0.25, 0.3) is 0 Å². The molecule has 6 heteroatoms. The van der Waals surface area contributed by atoms with Crippen LogP contribution in [0.2, 0.25) is 18.1 Å². The fourth-order valence-corrected chi connectivity index (χ4v) is 3.93. The number of benzene rings is 1. The Balaban J connectivity index is 2.68. The van der Waals surface area contributed by atoms with E-state index in [2.05, 4.69) is 49.8 Å². The minimum Gasteiger partial charge on any atom is -0.416 e. The Morgan fingerprint density at radius 2 is 1.65 bits per heavy atom. The molecule has 0 amide bonds. The van der Waals surface area contributed by atoms with Crippen LogP contribution in [0.15, 0.2) is 33.6 Å². The lowest BCUT2D eigenvalue weighted by molar-refractivity contribution is 0.309. The van der Waals surface area contributed by atoms with Gasteiger partial charge in [0.15, 0.2) is 18.2 Å². The molecule has 0 fully saturated rings. The summed E-state index contributed by atoms with van der Waals surface area (Å²) in [6.45, 7) is 10.9. The fraction of sp³-hybridized carbons (Fsp3) is 0.571. The summed E-state index contributed by atoms with van der Waals surface area (Å²) in [5, 5.41) is 0.0916. The van der Waals surface area contributed by atoms with E-state index in [0.29, 0.717) is 4.90 Å². The summed E-state index contributed by atoms with van der Waals surface area (Å²) in [5.74, 6) is 0.0289. The van der Waals surface area contributed by atoms with Crippen LogP contribution in [0.1, 0.15) is 20.8 Å². The SMILES string of the molecule is CC(C)(C)[Si](C)(C)OCCS(=O)(=O)c1ccc(Br)cc1. The van der Waals surface area contributed by atoms with Crippen molar-refractivity contribution in [3.8, 4) is 0 Å². The normalized spacial score (nSPS) is 13.5. The molecule has 114 valence electrons. The van der Waals surface area contributed by atoms with Crippen LogP contribution in [0.25, 0.3) is 0 Å². The van der Waals surface area contributed by atoms with E-state index in [4.69, 9.17) is 4.43 Å². The van der Waals surface area contributed by atoms with Crippen molar-refractivity contribution in [1.29, 1.82) is 0 Å². The summed E-state index contributed by atoms with van der Waals surface area (Å²) in [5.41, 5.74) is 0. The third-order valence-corrected chi connectivity index (χ3v) is 10.6. The van der Waals surface area contributed by atoms with E-state index >= 15 is 0 Å². The first kappa shape index (κ1) is 17.9. The van der Waals surface area contributed by atoms with E-state index in [1.54, 1.807) is 24.3 Å². The van der Waals surface area contributed by atoms with Crippen molar-refractivity contribution in [2.24, 2.45) is 0 Å². The highest BCUT2D eigenvalue weighted by Crippen LogP contribution is 2.36. The summed E-state index contributed by atoms with van der Waals surface area (Å²) in [7, 11) is -5.16. The molecule has 0 unspecified atom stereocenters. The van der Waals surface area contributed by atoms with Gasteiger partial charge in [0, 0.05) is 11.1 Å². The van der Waals surface area contributed by atoms with E-state index in [1.807, 2.05) is 0 Å². The molecule has 0 aromatic heterocycles. The van der Waals surface area contributed by atoms with Crippen molar-refractivity contribution < 1.29 is 12.8 Å². The van der Waals surface area contributed by atoms with Gasteiger partial charge in [-0.2, -0.15) is 0 Å². The van der Waals surface area contributed by atoms with Gasteiger partial charge in [0.1, 0.15) is 0 Å². The third kappa shape index (κ3) is 4.68. The van der Waals surface area contributed by atoms with Crippen molar-refractivity contribution in [3.63, 3.8) is 0 Å². The van der Waals surface area contributed by atoms with Crippen LogP contribution >= 0.6 is 15.9 Å². The molecule has 1 aromatic rings. The number of rotatable bonds is 5. The lowest BCUT2D eigenvalue weighted by Gasteiger charge is -2.36. The van der Waals surface area contributed by atoms with E-state index in [9.17, 15) is 8.42 Å². The minimum absolute atomic E-state index is 0.0289. The molecule has 20 heavy (non-hydrogen) atoms. The zero-order valence-electron chi connectivity index (χ0n) is 12.7. The number of halogens is 1. The minimum atomic E-state index is -3.27. The molecule has 0 bridgehead atoms. The number of hydrogen-bond acceptors (Lipinski definition) is 3. The summed E-state index contributed by atoms with van der Waals surface area (Å²) >= 11 is 3.30. The average Bonchev–Trinajstić information content (AvgIpc) is 2.27. The van der Waals surface area contributed by atoms with Gasteiger partial charge in [0.2, 0.25) is 0 Å². The molecule has 1 rings (SSSR count). The Labute approximate surface area is 131 Å². The second-order valence-corrected chi connectivity index (χ2v) is 14.2. The van der Waals surface area contributed by atoms with Crippen molar-refractivity contribution in [2.45, 2.75) is 43.8 Å². The molecule has 0 saturated heterocycles. The highest BCUT2D eigenvalue weighted by atomic mass is 79.9. The maximum atomic E-state index is 12.2. The zero-order valence-corrected chi connectivity index (χ0v) is 16.1. The fourth-order valence-electron chi connectivity index (χ4n) is 1.38. The van der Waals surface area contributed by atoms with Gasteiger partial charge in [-0.3, -0.25) is 0 Å². The van der Waals surface area contributed by atoms with Crippen LogP contribution in [0, 0.1) is 0 Å². The smallest absolute Gasteiger partial charge is 0.192 e. The Hall–Kier alpha value is -0.173. The highest BCUT2D eigenvalue weighted by Gasteiger charge is 2.37. The number of hydrogen-bond donors (Lipinski definition) is 0. The van der Waals surface area contributed by atoms with Crippen LogP contribution in [-0.4, -0.2) is 29.1 Å². The predicted molar refractivity (Wildman–Crippen MR) is 89.3 cm³/mol. The summed E-state index contributed by atoms with van der Waals surface area (Å²) in [6.07, 6.45) is 0. The van der Waals surface area contributed by atoms with Crippen molar-refractivity contribution in [2.75, 3.05) is 12.4 Å². The van der Waals surface area contributed by atoms with Gasteiger partial charge in [-0.1, -0.05) is 36.7 Å². The van der Waals surface area contributed by atoms with Crippen molar-refractivity contribution in [3.05, 3.63) is 28.7 Å². The molecular formula is C14H23BrO3SSi. The molecule has 0 aliphatic rings. The van der Waals surface area contributed by atoms with Crippen LogP contribution < -0.4 is 0 Å². The first-order valence-electron chi connectivity index (χ1n) is 6.58. The van der Waals surface area contributed by atoms with Gasteiger partial charge in [-0.15, -0.1) is 0 Å². The molecule has 1 aromatic carbocycles. The molecule has 0 saturated carbocycles. The molecule has 0 heterocycles. The average molecular weight is 379 g/mol. The van der Waals surface area contributed by atoms with Gasteiger partial charge >= 0.3 is 0 Å². The van der Waals surface area contributed by atoms with E-state index in [1.165, 1.54) is 0 Å². The van der Waals surface area contributed by atoms with E-state index in [-0.39, 0.29) is 17.4 Å². The molecular weight excluding hydrogens is 356 g/mol. The summed E-state index contributed by atoms with van der Waals surface area (Å²) < 4.78 is 31.2. The molecule has 0 atom stereocenters. The van der Waals surface area contributed by atoms with Crippen LogP contribution in [0.3, 0.4) is 0 Å². The third-order valence-electron chi connectivity index (χ3n) is 3.79.